The molecule has 0 N–H and O–H groups in total. The molecule has 1 atom stereocenters. The molecule has 4 heteroatoms. The fraction of sp³-hybridized carbons (Fsp3) is 0.133. The topological polar surface area (TPSA) is 69.6 Å². The molecule has 1 aromatic carbocycles. The first-order chi connectivity index (χ1) is 9.22. The van der Waals surface area contributed by atoms with E-state index in [4.69, 9.17) is 5.26 Å². The van der Waals surface area contributed by atoms with Gasteiger partial charge in [0.2, 0.25) is 0 Å². The van der Waals surface area contributed by atoms with E-state index in [1.165, 1.54) is 0 Å². The Hall–Kier alpha value is -2.85. The second-order valence-corrected chi connectivity index (χ2v) is 4.12. The van der Waals surface area contributed by atoms with E-state index < -0.39 is 5.92 Å². The average molecular weight is 249 g/mol. The van der Waals surface area contributed by atoms with Crippen LogP contribution in [0.25, 0.3) is 0 Å². The van der Waals surface area contributed by atoms with E-state index in [1.807, 2.05) is 0 Å². The van der Waals surface area contributed by atoms with Crippen molar-refractivity contribution < 1.29 is 4.79 Å². The maximum Gasteiger partial charge on any atom is 0.166 e. The third-order valence-corrected chi connectivity index (χ3v) is 3.14. The highest BCUT2D eigenvalue weighted by atomic mass is 16.1. The lowest BCUT2D eigenvalue weighted by atomic mass is 9.93. The zero-order chi connectivity index (χ0) is 13.8. The van der Waals surface area contributed by atoms with Gasteiger partial charge in [-0.2, -0.15) is 10.5 Å². The molecule has 1 heterocycles. The molecule has 0 saturated heterocycles. The quantitative estimate of drug-likeness (QED) is 0.784. The third-order valence-electron chi connectivity index (χ3n) is 3.14. The number of nitrogens with zero attached hydrogens (tertiary/aromatic N) is 3. The summed E-state index contributed by atoms with van der Waals surface area (Å²) >= 11 is 0. The number of aromatic nitrogens is 1. The van der Waals surface area contributed by atoms with Crippen LogP contribution >= 0.6 is 0 Å². The number of benzene rings is 1. The van der Waals surface area contributed by atoms with Crippen molar-refractivity contribution in [2.75, 3.05) is 0 Å². The molecule has 4 nitrogen and oxygen atoms in total. The average Bonchev–Trinajstić information content (AvgIpc) is 2.82. The monoisotopic (exact) mass is 249 g/mol. The molecule has 2 aromatic rings. The number of hydrogen-bond donors (Lipinski definition) is 0. The molecule has 0 bridgehead atoms. The summed E-state index contributed by atoms with van der Waals surface area (Å²) < 4.78 is 1.68. The predicted octanol–water partition coefficient (Wildman–Crippen LogP) is 2.36. The van der Waals surface area contributed by atoms with Crippen molar-refractivity contribution in [3.8, 4) is 12.1 Å². The highest BCUT2D eigenvalue weighted by Crippen LogP contribution is 2.27. The minimum Gasteiger partial charge on any atom is -0.344 e. The van der Waals surface area contributed by atoms with E-state index >= 15 is 0 Å². The van der Waals surface area contributed by atoms with Gasteiger partial charge in [-0.25, -0.2) is 0 Å². The summed E-state index contributed by atoms with van der Waals surface area (Å²) in [6.45, 7) is 0. The van der Waals surface area contributed by atoms with Gasteiger partial charge in [0, 0.05) is 12.7 Å². The molecule has 0 amide bonds. The number of carbonyl (C=O) groups excluding carboxylic acids is 1. The normalized spacial score (nSPS) is 11.3. The van der Waals surface area contributed by atoms with E-state index in [2.05, 4.69) is 12.1 Å². The largest absolute Gasteiger partial charge is 0.344 e. The Morgan fingerprint density at radius 1 is 1.21 bits per heavy atom. The number of nitriles is 2. The molecule has 0 aliphatic carbocycles. The Labute approximate surface area is 111 Å². The summed E-state index contributed by atoms with van der Waals surface area (Å²) in [5, 5.41) is 18.5. The zero-order valence-corrected chi connectivity index (χ0v) is 10.4. The molecule has 0 saturated carbocycles. The van der Waals surface area contributed by atoms with Crippen LogP contribution in [0.2, 0.25) is 0 Å². The van der Waals surface area contributed by atoms with E-state index in [1.54, 1.807) is 48.0 Å². The lowest BCUT2D eigenvalue weighted by Gasteiger charge is -2.13. The molecule has 1 aromatic heterocycles. The Kier molecular flexibility index (Phi) is 3.45. The van der Waals surface area contributed by atoms with E-state index in [9.17, 15) is 10.1 Å². The lowest BCUT2D eigenvalue weighted by Crippen LogP contribution is -2.08. The number of carbonyl (C=O) groups is 1. The fourth-order valence-electron chi connectivity index (χ4n) is 2.10. The van der Waals surface area contributed by atoms with Crippen LogP contribution < -0.4 is 0 Å². The highest BCUT2D eigenvalue weighted by molar-refractivity contribution is 5.73. The maximum absolute atomic E-state index is 10.9. The fourth-order valence-corrected chi connectivity index (χ4v) is 2.10. The van der Waals surface area contributed by atoms with Gasteiger partial charge in [0.1, 0.15) is 5.92 Å². The van der Waals surface area contributed by atoms with Gasteiger partial charge in [-0.3, -0.25) is 4.79 Å². The molecule has 92 valence electrons. The van der Waals surface area contributed by atoms with Crippen molar-refractivity contribution in [2.45, 2.75) is 5.92 Å². The van der Waals surface area contributed by atoms with Crippen molar-refractivity contribution in [1.82, 2.24) is 4.57 Å². The Morgan fingerprint density at radius 3 is 2.53 bits per heavy atom. The first-order valence-electron chi connectivity index (χ1n) is 5.72. The summed E-state index contributed by atoms with van der Waals surface area (Å²) in [5.41, 5.74) is 2.34. The van der Waals surface area contributed by atoms with Crippen molar-refractivity contribution in [3.05, 3.63) is 58.9 Å². The smallest absolute Gasteiger partial charge is 0.166 e. The van der Waals surface area contributed by atoms with E-state index in [0.717, 1.165) is 6.29 Å². The van der Waals surface area contributed by atoms with Gasteiger partial charge >= 0.3 is 0 Å². The summed E-state index contributed by atoms with van der Waals surface area (Å²) in [7, 11) is 1.73. The zero-order valence-electron chi connectivity index (χ0n) is 10.4. The van der Waals surface area contributed by atoms with E-state index in [0.29, 0.717) is 22.5 Å². The number of hydrogen-bond acceptors (Lipinski definition) is 3. The van der Waals surface area contributed by atoms with Crippen molar-refractivity contribution >= 4 is 6.29 Å². The van der Waals surface area contributed by atoms with Gasteiger partial charge in [-0.1, -0.05) is 18.2 Å². The van der Waals surface area contributed by atoms with Crippen LogP contribution in [0, 0.1) is 22.7 Å². The van der Waals surface area contributed by atoms with Gasteiger partial charge in [-0.15, -0.1) is 0 Å². The standard InChI is InChI=1S/C15H11N3O/c1-18-12(10-19)6-7-15(18)14(9-17)13-5-3-2-4-11(13)8-16/h2-7,10,14H,1H3/t14-/m0/s1. The molecular formula is C15H11N3O. The van der Waals surface area contributed by atoms with Gasteiger partial charge in [-0.05, 0) is 23.8 Å². The molecule has 0 fully saturated rings. The lowest BCUT2D eigenvalue weighted by molar-refractivity contribution is 0.111. The minimum atomic E-state index is -0.561. The van der Waals surface area contributed by atoms with Gasteiger partial charge in [0.25, 0.3) is 0 Å². The van der Waals surface area contributed by atoms with Gasteiger partial charge < -0.3 is 4.57 Å². The Bertz CT molecular complexity index is 701. The molecule has 0 aliphatic heterocycles. The summed E-state index contributed by atoms with van der Waals surface area (Å²) in [6.07, 6.45) is 0.744. The van der Waals surface area contributed by atoms with Gasteiger partial charge in [0.15, 0.2) is 6.29 Å². The summed E-state index contributed by atoms with van der Waals surface area (Å²) in [5.74, 6) is -0.561. The Balaban J connectivity index is 2.58. The van der Waals surface area contributed by atoms with Crippen LogP contribution in [-0.2, 0) is 7.05 Å². The number of rotatable bonds is 3. The predicted molar refractivity (Wildman–Crippen MR) is 69.4 cm³/mol. The van der Waals surface area contributed by atoms with Crippen molar-refractivity contribution in [3.63, 3.8) is 0 Å². The molecule has 0 aliphatic rings. The first-order valence-corrected chi connectivity index (χ1v) is 5.72. The SMILES string of the molecule is Cn1c(C=O)ccc1[C@@H](C#N)c1ccccc1C#N. The molecule has 19 heavy (non-hydrogen) atoms. The second-order valence-electron chi connectivity index (χ2n) is 4.12. The maximum atomic E-state index is 10.9. The molecule has 0 spiro atoms. The number of aldehydes is 1. The third kappa shape index (κ3) is 2.12. The molecule has 2 rings (SSSR count). The molecular weight excluding hydrogens is 238 g/mol. The van der Waals surface area contributed by atoms with Crippen molar-refractivity contribution in [2.24, 2.45) is 7.05 Å². The highest BCUT2D eigenvalue weighted by Gasteiger charge is 2.20. The summed E-state index contributed by atoms with van der Waals surface area (Å²) in [6, 6.07) is 14.7. The molecule has 0 radical (unpaired) electrons. The second kappa shape index (κ2) is 5.20. The van der Waals surface area contributed by atoms with Crippen LogP contribution in [0.15, 0.2) is 36.4 Å². The van der Waals surface area contributed by atoms with Crippen LogP contribution in [0.5, 0.6) is 0 Å². The first kappa shape index (κ1) is 12.6. The summed E-state index contributed by atoms with van der Waals surface area (Å²) in [4.78, 5) is 10.9. The Morgan fingerprint density at radius 2 is 1.95 bits per heavy atom. The van der Waals surface area contributed by atoms with Crippen LogP contribution in [0.3, 0.4) is 0 Å². The van der Waals surface area contributed by atoms with Crippen LogP contribution in [0.1, 0.15) is 33.2 Å². The van der Waals surface area contributed by atoms with Crippen LogP contribution in [0.4, 0.5) is 0 Å². The van der Waals surface area contributed by atoms with Crippen LogP contribution in [-0.4, -0.2) is 10.9 Å². The van der Waals surface area contributed by atoms with Crippen molar-refractivity contribution in [1.29, 1.82) is 10.5 Å². The van der Waals surface area contributed by atoms with Gasteiger partial charge in [0.05, 0.1) is 23.4 Å². The van der Waals surface area contributed by atoms with E-state index in [-0.39, 0.29) is 0 Å². The molecule has 0 unspecified atom stereocenters. The minimum absolute atomic E-state index is 0.475.